The predicted octanol–water partition coefficient (Wildman–Crippen LogP) is -4.30. The second-order valence-electron chi connectivity index (χ2n) is 24.1. The molecule has 3 fully saturated rings. The summed E-state index contributed by atoms with van der Waals surface area (Å²) in [6.45, 7) is 13.9. The van der Waals surface area contributed by atoms with Gasteiger partial charge in [-0.05, 0) is 122 Å². The summed E-state index contributed by atoms with van der Waals surface area (Å²) in [5.41, 5.74) is 16.2. The Bertz CT molecular complexity index is 2560. The van der Waals surface area contributed by atoms with Crippen LogP contribution in [0.1, 0.15) is 152 Å². The predicted molar refractivity (Wildman–Crippen MR) is 318 cm³/mol. The van der Waals surface area contributed by atoms with Gasteiger partial charge >= 0.3 is 11.9 Å². The van der Waals surface area contributed by atoms with Gasteiger partial charge in [-0.3, -0.25) is 67.1 Å². The van der Waals surface area contributed by atoms with E-state index in [2.05, 4.69) is 53.2 Å². The van der Waals surface area contributed by atoms with Gasteiger partial charge in [-0.2, -0.15) is 0 Å². The zero-order valence-electron chi connectivity index (χ0n) is 52.2. The van der Waals surface area contributed by atoms with Crippen LogP contribution in [0.4, 0.5) is 0 Å². The van der Waals surface area contributed by atoms with Crippen LogP contribution >= 0.6 is 0 Å². The smallest absolute Gasteiger partial charge is 0.326 e. The van der Waals surface area contributed by atoms with E-state index in [4.69, 9.17) is 17.2 Å². The molecule has 0 aliphatic carbocycles. The standard InChI is InChI=1S/C57H95N15O17/c1-28(2)26-37(51(82)69-44(29(3)4)54(85)65-34(14-9-10-22-58)49(80)64-35(18-20-41(59)73)50(81)68-38(57(88)89)27-42(60)74)67-52(83)39-16-13-25-72(39)56(87)45(30(5)6)70-53(84)40-17-12-24-71(40)55(86)36(19-21-43(75)76)66-47(78)32(8)62-46(77)31(7)63-48(79)33-15-11-23-61-33/h28-40,44-45,61H,9-27,58H2,1-8H3,(H2,59,73)(H2,60,74)(H,62,77)(H,63,79)(H,64,80)(H,65,85)(H,66,78)(H,67,83)(H,68,81)(H,69,82)(H,70,84)(H,75,76)(H,88,89)/t31-,32-,33-,34-,35-,36-,37-,38-,39-,40-,44-,45-/m0/s1. The van der Waals surface area contributed by atoms with Crippen molar-refractivity contribution in [2.24, 2.45) is 35.0 Å². The minimum Gasteiger partial charge on any atom is -0.481 e. The Balaban J connectivity index is 1.78. The van der Waals surface area contributed by atoms with Gasteiger partial charge in [-0.1, -0.05) is 41.5 Å². The van der Waals surface area contributed by atoms with E-state index in [0.29, 0.717) is 32.2 Å². The van der Waals surface area contributed by atoms with Crippen LogP contribution in [0.5, 0.6) is 0 Å². The minimum absolute atomic E-state index is 0.0367. The summed E-state index contributed by atoms with van der Waals surface area (Å²) in [6.07, 6.45) is 0.530. The Morgan fingerprint density at radius 1 is 0.483 bits per heavy atom. The number of nitrogens with one attached hydrogen (secondary N) is 10. The molecule has 0 radical (unpaired) electrons. The summed E-state index contributed by atoms with van der Waals surface area (Å²) >= 11 is 0. The van der Waals surface area contributed by atoms with Gasteiger partial charge in [0, 0.05) is 25.9 Å². The average Bonchev–Trinajstić information content (AvgIpc) is 3.63. The summed E-state index contributed by atoms with van der Waals surface area (Å²) in [6, 6.07) is -15.1. The monoisotopic (exact) mass is 1260 g/mol. The molecule has 3 rings (SSSR count). The molecule has 3 heterocycles. The highest BCUT2D eigenvalue weighted by molar-refractivity contribution is 6.00. The van der Waals surface area contributed by atoms with Gasteiger partial charge in [-0.25, -0.2) is 4.79 Å². The first-order valence-electron chi connectivity index (χ1n) is 30.6. The topological polar surface area (TPSA) is 501 Å². The Hall–Kier alpha value is -8.03. The molecule has 18 N–H and O–H groups in total. The quantitative estimate of drug-likeness (QED) is 0.0262. The molecule has 3 saturated heterocycles. The number of nitrogens with zero attached hydrogens (tertiary/aromatic N) is 2. The van der Waals surface area contributed by atoms with Crippen molar-refractivity contribution in [3.63, 3.8) is 0 Å². The van der Waals surface area contributed by atoms with E-state index in [1.165, 1.54) is 23.6 Å². The number of unbranched alkanes of at least 4 members (excludes halogenated alkanes) is 1. The summed E-state index contributed by atoms with van der Waals surface area (Å²) in [4.78, 5) is 201. The van der Waals surface area contributed by atoms with Crippen LogP contribution in [0.15, 0.2) is 0 Å². The lowest BCUT2D eigenvalue weighted by Gasteiger charge is -2.33. The van der Waals surface area contributed by atoms with Gasteiger partial charge in [0.25, 0.3) is 0 Å². The van der Waals surface area contributed by atoms with E-state index in [1.54, 1.807) is 41.5 Å². The van der Waals surface area contributed by atoms with Gasteiger partial charge in [0.1, 0.15) is 66.5 Å². The highest BCUT2D eigenvalue weighted by Gasteiger charge is 2.44. The lowest BCUT2D eigenvalue weighted by atomic mass is 9.98. The maximum atomic E-state index is 14.6. The minimum atomic E-state index is -1.79. The first kappa shape index (κ1) is 75.2. The molecule has 0 spiro atoms. The summed E-state index contributed by atoms with van der Waals surface area (Å²) in [5, 5.41) is 45.2. The molecule has 32 nitrogen and oxygen atoms in total. The zero-order chi connectivity index (χ0) is 67.0. The summed E-state index contributed by atoms with van der Waals surface area (Å²) < 4.78 is 0. The molecule has 13 amide bonds. The Morgan fingerprint density at radius 2 is 0.989 bits per heavy atom. The maximum Gasteiger partial charge on any atom is 0.326 e. The van der Waals surface area contributed by atoms with Gasteiger partial charge in [0.15, 0.2) is 0 Å². The second-order valence-corrected chi connectivity index (χ2v) is 24.1. The number of hydrogen-bond acceptors (Lipinski definition) is 17. The van der Waals surface area contributed by atoms with E-state index in [9.17, 15) is 82.1 Å². The Kier molecular flexibility index (Phi) is 30.8. The van der Waals surface area contributed by atoms with Crippen LogP contribution in [-0.4, -0.2) is 207 Å². The van der Waals surface area contributed by atoms with Crippen molar-refractivity contribution in [2.75, 3.05) is 26.2 Å². The fraction of sp³-hybridized carbons (Fsp3) is 0.737. The van der Waals surface area contributed by atoms with Crippen molar-refractivity contribution in [3.8, 4) is 0 Å². The maximum absolute atomic E-state index is 14.6. The van der Waals surface area contributed by atoms with E-state index < -0.39 is 193 Å². The average molecular weight is 1260 g/mol. The lowest BCUT2D eigenvalue weighted by molar-refractivity contribution is -0.145. The molecule has 12 atom stereocenters. The van der Waals surface area contributed by atoms with Crippen molar-refractivity contribution >= 4 is 88.7 Å². The van der Waals surface area contributed by atoms with Crippen LogP contribution in [0, 0.1) is 17.8 Å². The number of nitrogens with two attached hydrogens (primary N) is 3. The summed E-state index contributed by atoms with van der Waals surface area (Å²) in [5.74, 6) is -14.6. The third-order valence-corrected chi connectivity index (χ3v) is 15.5. The number of primary amides is 2. The van der Waals surface area contributed by atoms with E-state index in [0.717, 1.165) is 6.42 Å². The van der Waals surface area contributed by atoms with Crippen molar-refractivity contribution in [3.05, 3.63) is 0 Å². The number of rotatable bonds is 37. The molecule has 0 bridgehead atoms. The molecule has 0 unspecified atom stereocenters. The van der Waals surface area contributed by atoms with E-state index >= 15 is 0 Å². The van der Waals surface area contributed by atoms with Gasteiger partial charge in [0.05, 0.1) is 12.5 Å². The number of carboxylic acids is 2. The number of carbonyl (C=O) groups is 15. The molecule has 32 heteroatoms. The molecule has 0 aromatic carbocycles. The number of amides is 13. The molecular formula is C57H95N15O17. The summed E-state index contributed by atoms with van der Waals surface area (Å²) in [7, 11) is 0. The number of carboxylic acid groups (broad SMARTS) is 2. The Labute approximate surface area is 517 Å². The highest BCUT2D eigenvalue weighted by atomic mass is 16.4. The molecule has 0 saturated carbocycles. The molecule has 500 valence electrons. The van der Waals surface area contributed by atoms with Crippen molar-refractivity contribution in [2.45, 2.75) is 224 Å². The lowest BCUT2D eigenvalue weighted by Crippen LogP contribution is -2.61. The van der Waals surface area contributed by atoms with Crippen molar-refractivity contribution in [1.82, 2.24) is 63.0 Å². The molecule has 0 aromatic rings. The third-order valence-electron chi connectivity index (χ3n) is 15.5. The first-order valence-corrected chi connectivity index (χ1v) is 30.6. The van der Waals surface area contributed by atoms with Crippen LogP contribution in [-0.2, 0) is 71.9 Å². The van der Waals surface area contributed by atoms with Gasteiger partial charge < -0.3 is 90.4 Å². The van der Waals surface area contributed by atoms with Crippen LogP contribution in [0.3, 0.4) is 0 Å². The van der Waals surface area contributed by atoms with Crippen molar-refractivity contribution < 1.29 is 82.1 Å². The molecular weight excluding hydrogens is 1170 g/mol. The molecule has 0 aromatic heterocycles. The van der Waals surface area contributed by atoms with Crippen LogP contribution in [0.2, 0.25) is 0 Å². The van der Waals surface area contributed by atoms with Crippen LogP contribution in [0.25, 0.3) is 0 Å². The number of carbonyl (C=O) groups excluding carboxylic acids is 13. The SMILES string of the molecule is CC(C)C[C@H](NC(=O)[C@@H]1CCCN1C(=O)[C@@H](NC(=O)[C@@H]1CCCN1C(=O)[C@H](CCC(=O)O)NC(=O)[C@H](C)NC(=O)[C@H](C)NC(=O)[C@@H]1CCCN1)C(C)C)C(=O)N[C@H](C(=O)N[C@@H](CCCCN)C(=O)N[C@@H](CCC(N)=O)C(=O)N[C@@H](CC(N)=O)C(=O)O)C(C)C. The number of aliphatic carboxylic acids is 2. The fourth-order valence-corrected chi connectivity index (χ4v) is 10.5. The second kappa shape index (κ2) is 36.5. The highest BCUT2D eigenvalue weighted by Crippen LogP contribution is 2.24. The largest absolute Gasteiger partial charge is 0.481 e. The normalized spacial score (nSPS) is 19.4. The Morgan fingerprint density at radius 3 is 1.51 bits per heavy atom. The van der Waals surface area contributed by atoms with Gasteiger partial charge in [-0.15, -0.1) is 0 Å². The molecule has 89 heavy (non-hydrogen) atoms. The van der Waals surface area contributed by atoms with E-state index in [-0.39, 0.29) is 70.0 Å². The number of hydrogen-bond donors (Lipinski definition) is 15. The fourth-order valence-electron chi connectivity index (χ4n) is 10.5. The van der Waals surface area contributed by atoms with Gasteiger partial charge in [0.2, 0.25) is 76.8 Å². The number of likely N-dealkylation sites (tertiary alicyclic amines) is 2. The molecule has 3 aliphatic heterocycles. The van der Waals surface area contributed by atoms with E-state index in [1.807, 2.05) is 0 Å². The van der Waals surface area contributed by atoms with Crippen LogP contribution < -0.4 is 70.4 Å². The molecule has 3 aliphatic rings. The first-order chi connectivity index (χ1) is 41.8. The van der Waals surface area contributed by atoms with Crippen molar-refractivity contribution in [1.29, 1.82) is 0 Å². The zero-order valence-corrected chi connectivity index (χ0v) is 52.2. The third kappa shape index (κ3) is 24.1.